The van der Waals surface area contributed by atoms with Crippen LogP contribution in [0.3, 0.4) is 0 Å². The van der Waals surface area contributed by atoms with Crippen LogP contribution in [-0.4, -0.2) is 25.3 Å². The maximum absolute atomic E-state index is 13.8. The van der Waals surface area contributed by atoms with Crippen molar-refractivity contribution in [1.29, 1.82) is 0 Å². The van der Waals surface area contributed by atoms with E-state index in [0.29, 0.717) is 34.9 Å². The average molecular weight is 289 g/mol. The Morgan fingerprint density at radius 1 is 1.50 bits per heavy atom. The standard InChI is InChI=1S/C12H14ClFN2OS/c1-2-18(17)7-6-16-11(8-13)15-10-5-3-4-9(14)12(10)16/h3-5H,2,6-8H2,1H3. The van der Waals surface area contributed by atoms with Gasteiger partial charge in [-0.05, 0) is 12.1 Å². The highest BCUT2D eigenvalue weighted by atomic mass is 35.5. The van der Waals surface area contributed by atoms with Crippen LogP contribution in [0.1, 0.15) is 12.7 Å². The van der Waals surface area contributed by atoms with Crippen molar-refractivity contribution >= 4 is 33.4 Å². The summed E-state index contributed by atoms with van der Waals surface area (Å²) < 4.78 is 27.0. The Bertz CT molecular complexity index is 585. The van der Waals surface area contributed by atoms with Crippen LogP contribution in [0.25, 0.3) is 11.0 Å². The van der Waals surface area contributed by atoms with E-state index < -0.39 is 10.8 Å². The zero-order valence-electron chi connectivity index (χ0n) is 10.0. The summed E-state index contributed by atoms with van der Waals surface area (Å²) in [6, 6.07) is 4.77. The van der Waals surface area contributed by atoms with Crippen LogP contribution in [0.4, 0.5) is 4.39 Å². The van der Waals surface area contributed by atoms with E-state index in [9.17, 15) is 8.60 Å². The molecule has 1 atom stereocenters. The van der Waals surface area contributed by atoms with Gasteiger partial charge < -0.3 is 4.57 Å². The van der Waals surface area contributed by atoms with Crippen LogP contribution in [0.5, 0.6) is 0 Å². The van der Waals surface area contributed by atoms with Gasteiger partial charge in [0.1, 0.15) is 17.2 Å². The molecule has 0 aliphatic heterocycles. The van der Waals surface area contributed by atoms with E-state index in [1.54, 1.807) is 16.7 Å². The molecule has 0 radical (unpaired) electrons. The van der Waals surface area contributed by atoms with Gasteiger partial charge in [-0.2, -0.15) is 0 Å². The molecule has 2 aromatic rings. The molecular weight excluding hydrogens is 275 g/mol. The Hall–Kier alpha value is -0.940. The summed E-state index contributed by atoms with van der Waals surface area (Å²) in [5.41, 5.74) is 1.04. The Labute approximate surface area is 112 Å². The number of hydrogen-bond acceptors (Lipinski definition) is 2. The van der Waals surface area contributed by atoms with E-state index >= 15 is 0 Å². The Morgan fingerprint density at radius 3 is 2.94 bits per heavy atom. The minimum atomic E-state index is -0.886. The molecule has 0 N–H and O–H groups in total. The summed E-state index contributed by atoms with van der Waals surface area (Å²) in [5, 5.41) is 0. The van der Waals surface area contributed by atoms with Crippen LogP contribution in [-0.2, 0) is 23.2 Å². The number of benzene rings is 1. The van der Waals surface area contributed by atoms with Crippen molar-refractivity contribution < 1.29 is 8.60 Å². The second-order valence-corrected chi connectivity index (χ2v) is 5.99. The van der Waals surface area contributed by atoms with Crippen LogP contribution < -0.4 is 0 Å². The quantitative estimate of drug-likeness (QED) is 0.793. The van der Waals surface area contributed by atoms with Crippen molar-refractivity contribution in [1.82, 2.24) is 9.55 Å². The molecule has 98 valence electrons. The van der Waals surface area contributed by atoms with E-state index in [1.165, 1.54) is 6.07 Å². The smallest absolute Gasteiger partial charge is 0.149 e. The van der Waals surface area contributed by atoms with Crippen molar-refractivity contribution in [3.05, 3.63) is 29.8 Å². The molecule has 0 bridgehead atoms. The van der Waals surface area contributed by atoms with Gasteiger partial charge in [0.15, 0.2) is 0 Å². The molecule has 2 rings (SSSR count). The number of nitrogens with zero attached hydrogens (tertiary/aromatic N) is 2. The van der Waals surface area contributed by atoms with Crippen molar-refractivity contribution in [3.63, 3.8) is 0 Å². The predicted molar refractivity (Wildman–Crippen MR) is 72.8 cm³/mol. The van der Waals surface area contributed by atoms with E-state index in [2.05, 4.69) is 4.98 Å². The minimum absolute atomic E-state index is 0.215. The number of aryl methyl sites for hydroxylation is 1. The molecule has 18 heavy (non-hydrogen) atoms. The number of hydrogen-bond donors (Lipinski definition) is 0. The van der Waals surface area contributed by atoms with Gasteiger partial charge in [0.25, 0.3) is 0 Å². The highest BCUT2D eigenvalue weighted by molar-refractivity contribution is 7.84. The molecule has 0 amide bonds. The van der Waals surface area contributed by atoms with E-state index in [4.69, 9.17) is 11.6 Å². The average Bonchev–Trinajstić information content (AvgIpc) is 2.75. The van der Waals surface area contributed by atoms with Crippen molar-refractivity contribution in [3.8, 4) is 0 Å². The summed E-state index contributed by atoms with van der Waals surface area (Å²) >= 11 is 5.82. The molecule has 0 spiro atoms. The molecule has 3 nitrogen and oxygen atoms in total. The first kappa shape index (κ1) is 13.5. The zero-order valence-corrected chi connectivity index (χ0v) is 11.6. The van der Waals surface area contributed by atoms with Gasteiger partial charge in [0.2, 0.25) is 0 Å². The third-order valence-electron chi connectivity index (χ3n) is 2.78. The monoisotopic (exact) mass is 288 g/mol. The lowest BCUT2D eigenvalue weighted by Gasteiger charge is -2.07. The Morgan fingerprint density at radius 2 is 2.28 bits per heavy atom. The van der Waals surface area contributed by atoms with E-state index in [1.807, 2.05) is 6.92 Å². The number of halogens is 2. The third kappa shape index (κ3) is 2.57. The molecule has 1 unspecified atom stereocenters. The maximum atomic E-state index is 13.8. The number of alkyl halides is 1. The van der Waals surface area contributed by atoms with Gasteiger partial charge in [-0.3, -0.25) is 4.21 Å². The molecule has 0 saturated carbocycles. The minimum Gasteiger partial charge on any atom is -0.324 e. The summed E-state index contributed by atoms with van der Waals surface area (Å²) in [5.74, 6) is 1.60. The Kier molecular flexibility index (Phi) is 4.35. The van der Waals surface area contributed by atoms with Gasteiger partial charge in [-0.25, -0.2) is 9.37 Å². The molecule has 0 saturated heterocycles. The molecule has 1 heterocycles. The van der Waals surface area contributed by atoms with Crippen LogP contribution in [0.15, 0.2) is 18.2 Å². The second kappa shape index (κ2) is 5.80. The highest BCUT2D eigenvalue weighted by Crippen LogP contribution is 2.20. The van der Waals surface area contributed by atoms with E-state index in [0.717, 1.165) is 0 Å². The van der Waals surface area contributed by atoms with Crippen molar-refractivity contribution in [2.45, 2.75) is 19.3 Å². The number of para-hydroxylation sites is 1. The lowest BCUT2D eigenvalue weighted by atomic mass is 10.3. The summed E-state index contributed by atoms with van der Waals surface area (Å²) in [6.07, 6.45) is 0. The molecule has 0 aliphatic carbocycles. The number of aromatic nitrogens is 2. The van der Waals surface area contributed by atoms with Crippen molar-refractivity contribution in [2.24, 2.45) is 0 Å². The van der Waals surface area contributed by atoms with Gasteiger partial charge in [0.05, 0.1) is 11.4 Å². The van der Waals surface area contributed by atoms with Gasteiger partial charge >= 0.3 is 0 Å². The zero-order chi connectivity index (χ0) is 13.1. The lowest BCUT2D eigenvalue weighted by Crippen LogP contribution is -2.11. The van der Waals surface area contributed by atoms with Gasteiger partial charge in [-0.1, -0.05) is 13.0 Å². The largest absolute Gasteiger partial charge is 0.324 e. The van der Waals surface area contributed by atoms with Gasteiger partial charge in [0, 0.05) is 28.9 Å². The molecule has 0 fully saturated rings. The molecule has 1 aromatic heterocycles. The number of imidazole rings is 1. The summed E-state index contributed by atoms with van der Waals surface area (Å²) in [7, 11) is -0.886. The van der Waals surface area contributed by atoms with E-state index in [-0.39, 0.29) is 11.7 Å². The third-order valence-corrected chi connectivity index (χ3v) is 4.30. The fourth-order valence-electron chi connectivity index (χ4n) is 1.87. The molecule has 1 aromatic carbocycles. The second-order valence-electron chi connectivity index (χ2n) is 3.85. The predicted octanol–water partition coefficient (Wildman–Crippen LogP) is 2.68. The first-order chi connectivity index (χ1) is 8.67. The fourth-order valence-corrected chi connectivity index (χ4v) is 2.75. The van der Waals surface area contributed by atoms with Crippen LogP contribution >= 0.6 is 11.6 Å². The first-order valence-corrected chi connectivity index (χ1v) is 7.74. The molecule has 6 heteroatoms. The van der Waals surface area contributed by atoms with Crippen LogP contribution in [0.2, 0.25) is 0 Å². The number of fused-ring (bicyclic) bond motifs is 1. The SMILES string of the molecule is CCS(=O)CCn1c(CCl)nc2cccc(F)c21. The number of rotatable bonds is 5. The summed E-state index contributed by atoms with van der Waals surface area (Å²) in [6.45, 7) is 2.34. The Balaban J connectivity index is 2.43. The lowest BCUT2D eigenvalue weighted by molar-refractivity contribution is 0.622. The summed E-state index contributed by atoms with van der Waals surface area (Å²) in [4.78, 5) is 4.29. The fraction of sp³-hybridized carbons (Fsp3) is 0.417. The molecule has 0 aliphatic rings. The normalized spacial score (nSPS) is 13.1. The molecular formula is C12H14ClFN2OS. The topological polar surface area (TPSA) is 34.9 Å². The van der Waals surface area contributed by atoms with Gasteiger partial charge in [-0.15, -0.1) is 11.6 Å². The maximum Gasteiger partial charge on any atom is 0.149 e. The highest BCUT2D eigenvalue weighted by Gasteiger charge is 2.13. The first-order valence-electron chi connectivity index (χ1n) is 5.72. The van der Waals surface area contributed by atoms with Crippen molar-refractivity contribution in [2.75, 3.05) is 11.5 Å². The van der Waals surface area contributed by atoms with Crippen LogP contribution in [0, 0.1) is 5.82 Å².